The minimum Gasteiger partial charge on any atom is -0.347 e. The molecule has 164 valence electrons. The van der Waals surface area contributed by atoms with Crippen LogP contribution in [0.4, 0.5) is 11.4 Å². The number of rotatable bonds is 5. The normalized spacial score (nSPS) is 16.0. The second-order valence-electron chi connectivity index (χ2n) is 9.16. The zero-order valence-corrected chi connectivity index (χ0v) is 18.8. The molecular weight excluding hydrogens is 414 g/mol. The van der Waals surface area contributed by atoms with Gasteiger partial charge >= 0.3 is 0 Å². The summed E-state index contributed by atoms with van der Waals surface area (Å²) in [5.74, 6) is -0.105. The van der Waals surface area contributed by atoms with Crippen LogP contribution in [-0.4, -0.2) is 32.3 Å². The molecule has 1 saturated carbocycles. The first-order valence-electron chi connectivity index (χ1n) is 10.4. The average molecular weight is 442 g/mol. The molecule has 0 saturated heterocycles. The Morgan fingerprint density at radius 2 is 1.77 bits per heavy atom. The van der Waals surface area contributed by atoms with E-state index in [9.17, 15) is 18.0 Å². The minimum atomic E-state index is -3.91. The zero-order valence-electron chi connectivity index (χ0n) is 17.9. The van der Waals surface area contributed by atoms with Crippen molar-refractivity contribution in [1.82, 2.24) is 5.32 Å². The van der Waals surface area contributed by atoms with E-state index in [1.807, 2.05) is 20.8 Å². The van der Waals surface area contributed by atoms with Gasteiger partial charge in [0.1, 0.15) is 0 Å². The van der Waals surface area contributed by atoms with Crippen LogP contribution in [0.1, 0.15) is 49.5 Å². The van der Waals surface area contributed by atoms with Crippen LogP contribution in [0.25, 0.3) is 0 Å². The van der Waals surface area contributed by atoms with Crippen molar-refractivity contribution in [2.75, 3.05) is 16.2 Å². The number of sulfonamides is 1. The van der Waals surface area contributed by atoms with E-state index in [-0.39, 0.29) is 33.9 Å². The third-order valence-electron chi connectivity index (χ3n) is 5.35. The highest BCUT2D eigenvalue weighted by atomic mass is 32.2. The second-order valence-corrected chi connectivity index (χ2v) is 10.8. The maximum atomic E-state index is 13.1. The number of nitrogens with one attached hydrogen (secondary N) is 2. The molecule has 4 rings (SSSR count). The number of anilines is 2. The Bertz CT molecular complexity index is 1150. The largest absolute Gasteiger partial charge is 0.347 e. The summed E-state index contributed by atoms with van der Waals surface area (Å²) in [6, 6.07) is 11.4. The number of carbonyl (C=O) groups is 2. The van der Waals surface area contributed by atoms with E-state index in [4.69, 9.17) is 0 Å². The van der Waals surface area contributed by atoms with Crippen LogP contribution >= 0.6 is 0 Å². The van der Waals surface area contributed by atoms with Gasteiger partial charge in [-0.25, -0.2) is 8.42 Å². The predicted molar refractivity (Wildman–Crippen MR) is 120 cm³/mol. The number of hydrogen-bond acceptors (Lipinski definition) is 4. The fourth-order valence-electron chi connectivity index (χ4n) is 3.71. The third-order valence-corrected chi connectivity index (χ3v) is 6.72. The number of hydrogen-bond donors (Lipinski definition) is 2. The predicted octanol–water partition coefficient (Wildman–Crippen LogP) is 3.31. The van der Waals surface area contributed by atoms with Crippen molar-refractivity contribution in [3.05, 3.63) is 53.6 Å². The van der Waals surface area contributed by atoms with E-state index in [0.717, 1.165) is 24.1 Å². The highest BCUT2D eigenvalue weighted by Gasteiger charge is 2.36. The molecule has 2 N–H and O–H groups in total. The van der Waals surface area contributed by atoms with Gasteiger partial charge in [0, 0.05) is 23.7 Å². The summed E-state index contributed by atoms with van der Waals surface area (Å²) in [4.78, 5) is 27.0. The standard InChI is InChI=1S/C23H27N3O4S/c1-23(2,3)24-21(27)18-6-4-5-7-19(18)25-31(29,30)17-10-11-20-16(14-17)12-13-26(20)22(28)15-8-9-15/h4-7,10-11,14-15,25H,8-9,12-13H2,1-3H3,(H,24,27). The molecule has 2 aromatic carbocycles. The lowest BCUT2D eigenvalue weighted by Crippen LogP contribution is -2.40. The Morgan fingerprint density at radius 3 is 2.45 bits per heavy atom. The number of fused-ring (bicyclic) bond motifs is 1. The van der Waals surface area contributed by atoms with Crippen molar-refractivity contribution in [3.8, 4) is 0 Å². The molecule has 1 aliphatic heterocycles. The van der Waals surface area contributed by atoms with Crippen LogP contribution in [0.15, 0.2) is 47.4 Å². The lowest BCUT2D eigenvalue weighted by Gasteiger charge is -2.21. The van der Waals surface area contributed by atoms with Gasteiger partial charge in [-0.2, -0.15) is 0 Å². The first-order valence-corrected chi connectivity index (χ1v) is 11.9. The molecule has 2 aliphatic rings. The van der Waals surface area contributed by atoms with E-state index in [1.54, 1.807) is 41.3 Å². The molecule has 1 fully saturated rings. The Balaban J connectivity index is 1.58. The van der Waals surface area contributed by atoms with E-state index < -0.39 is 15.6 Å². The van der Waals surface area contributed by atoms with Gasteiger partial charge in [-0.3, -0.25) is 14.3 Å². The van der Waals surface area contributed by atoms with Gasteiger partial charge in [0.25, 0.3) is 15.9 Å². The molecule has 0 radical (unpaired) electrons. The highest BCUT2D eigenvalue weighted by Crippen LogP contribution is 2.37. The SMILES string of the molecule is CC(C)(C)NC(=O)c1ccccc1NS(=O)(=O)c1ccc2c(c1)CCN2C(=O)C1CC1. The number of nitrogens with zero attached hydrogens (tertiary/aromatic N) is 1. The van der Waals surface area contributed by atoms with E-state index in [1.165, 1.54) is 6.07 Å². The highest BCUT2D eigenvalue weighted by molar-refractivity contribution is 7.92. The summed E-state index contributed by atoms with van der Waals surface area (Å²) in [5, 5.41) is 2.85. The van der Waals surface area contributed by atoms with Crippen LogP contribution in [0.2, 0.25) is 0 Å². The zero-order chi connectivity index (χ0) is 22.4. The number of amides is 2. The van der Waals surface area contributed by atoms with Gasteiger partial charge in [0.15, 0.2) is 0 Å². The fraction of sp³-hybridized carbons (Fsp3) is 0.391. The molecule has 8 heteroatoms. The topological polar surface area (TPSA) is 95.6 Å². The van der Waals surface area contributed by atoms with Crippen LogP contribution in [-0.2, 0) is 21.2 Å². The van der Waals surface area contributed by atoms with Crippen LogP contribution in [0.3, 0.4) is 0 Å². The van der Waals surface area contributed by atoms with Crippen LogP contribution in [0, 0.1) is 5.92 Å². The summed E-state index contributed by atoms with van der Waals surface area (Å²) in [5.41, 5.74) is 1.66. The van der Waals surface area contributed by atoms with E-state index in [2.05, 4.69) is 10.0 Å². The molecule has 2 amide bonds. The number of carbonyl (C=O) groups excluding carboxylic acids is 2. The second kappa shape index (κ2) is 7.67. The van der Waals surface area contributed by atoms with E-state index in [0.29, 0.717) is 13.0 Å². The van der Waals surface area contributed by atoms with Gasteiger partial charge in [-0.15, -0.1) is 0 Å². The summed E-state index contributed by atoms with van der Waals surface area (Å²) < 4.78 is 28.7. The van der Waals surface area contributed by atoms with Crippen molar-refractivity contribution >= 4 is 33.2 Å². The van der Waals surface area contributed by atoms with Gasteiger partial charge < -0.3 is 10.2 Å². The summed E-state index contributed by atoms with van der Waals surface area (Å²) in [7, 11) is -3.91. The first-order chi connectivity index (χ1) is 14.5. The van der Waals surface area contributed by atoms with Gasteiger partial charge in [-0.1, -0.05) is 12.1 Å². The van der Waals surface area contributed by atoms with Crippen molar-refractivity contribution in [2.45, 2.75) is 50.5 Å². The average Bonchev–Trinajstić information content (AvgIpc) is 3.45. The van der Waals surface area contributed by atoms with Crippen molar-refractivity contribution < 1.29 is 18.0 Å². The van der Waals surface area contributed by atoms with Crippen molar-refractivity contribution in [3.63, 3.8) is 0 Å². The summed E-state index contributed by atoms with van der Waals surface area (Å²) in [6.07, 6.45) is 2.49. The van der Waals surface area contributed by atoms with Gasteiger partial charge in [0.2, 0.25) is 5.91 Å². The molecule has 0 atom stereocenters. The maximum Gasteiger partial charge on any atom is 0.261 e. The van der Waals surface area contributed by atoms with Gasteiger partial charge in [0.05, 0.1) is 16.1 Å². The molecule has 0 aromatic heterocycles. The minimum absolute atomic E-state index is 0.109. The number of benzene rings is 2. The lowest BCUT2D eigenvalue weighted by atomic mass is 10.1. The maximum absolute atomic E-state index is 13.1. The molecule has 1 aliphatic carbocycles. The summed E-state index contributed by atoms with van der Waals surface area (Å²) >= 11 is 0. The monoisotopic (exact) mass is 441 g/mol. The molecule has 0 unspecified atom stereocenters. The molecule has 0 bridgehead atoms. The Kier molecular flexibility index (Phi) is 5.29. The molecule has 1 heterocycles. The molecule has 31 heavy (non-hydrogen) atoms. The van der Waals surface area contributed by atoms with E-state index >= 15 is 0 Å². The summed E-state index contributed by atoms with van der Waals surface area (Å²) in [6.45, 7) is 6.16. The lowest BCUT2D eigenvalue weighted by molar-refractivity contribution is -0.119. The van der Waals surface area contributed by atoms with Crippen molar-refractivity contribution in [1.29, 1.82) is 0 Å². The molecule has 2 aromatic rings. The smallest absolute Gasteiger partial charge is 0.261 e. The van der Waals surface area contributed by atoms with Crippen LogP contribution in [0.5, 0.6) is 0 Å². The molecule has 0 spiro atoms. The molecular formula is C23H27N3O4S. The Hall–Kier alpha value is -2.87. The Labute approximate surface area is 182 Å². The quantitative estimate of drug-likeness (QED) is 0.744. The Morgan fingerprint density at radius 1 is 1.06 bits per heavy atom. The fourth-order valence-corrected chi connectivity index (χ4v) is 4.84. The third kappa shape index (κ3) is 4.58. The van der Waals surface area contributed by atoms with Crippen molar-refractivity contribution in [2.24, 2.45) is 5.92 Å². The molecule has 7 nitrogen and oxygen atoms in total. The van der Waals surface area contributed by atoms with Crippen LogP contribution < -0.4 is 14.9 Å². The number of para-hydroxylation sites is 1. The first kappa shape index (κ1) is 21.4. The van der Waals surface area contributed by atoms with Gasteiger partial charge in [-0.05, 0) is 75.9 Å².